The van der Waals surface area contributed by atoms with Crippen LogP contribution in [0.5, 0.6) is 0 Å². The summed E-state index contributed by atoms with van der Waals surface area (Å²) in [6, 6.07) is 13.7. The first-order valence-electron chi connectivity index (χ1n) is 9.12. The van der Waals surface area contributed by atoms with E-state index in [0.29, 0.717) is 6.54 Å². The van der Waals surface area contributed by atoms with Crippen LogP contribution in [0.25, 0.3) is 11.0 Å². The van der Waals surface area contributed by atoms with E-state index in [1.54, 1.807) is 0 Å². The van der Waals surface area contributed by atoms with E-state index in [2.05, 4.69) is 15.6 Å². The maximum Gasteiger partial charge on any atom is 0.253 e. The molecule has 1 aliphatic heterocycles. The molecule has 1 amide bonds. The molecule has 3 aromatic rings. The second kappa shape index (κ2) is 7.12. The normalized spacial score (nSPS) is 14.8. The molecule has 0 aliphatic carbocycles. The summed E-state index contributed by atoms with van der Waals surface area (Å²) >= 11 is 6.12. The van der Waals surface area contributed by atoms with Crippen LogP contribution < -0.4 is 0 Å². The van der Waals surface area contributed by atoms with Crippen LogP contribution in [-0.2, 0) is 6.54 Å². The first kappa shape index (κ1) is 17.1. The van der Waals surface area contributed by atoms with Gasteiger partial charge in [-0.2, -0.15) is 0 Å². The number of rotatable bonds is 3. The van der Waals surface area contributed by atoms with Crippen molar-refractivity contribution in [1.29, 1.82) is 0 Å². The molecule has 26 heavy (non-hydrogen) atoms. The molecule has 1 aromatic heterocycles. The molecule has 0 saturated carbocycles. The number of fused-ring (bicyclic) bond motifs is 1. The minimum Gasteiger partial charge on any atom is -0.339 e. The number of carbonyl (C=O) groups excluding carboxylic acids is 1. The van der Waals surface area contributed by atoms with E-state index in [9.17, 15) is 4.79 Å². The molecule has 0 atom stereocenters. The lowest BCUT2D eigenvalue weighted by atomic mass is 10.1. The Morgan fingerprint density at radius 3 is 2.69 bits per heavy atom. The monoisotopic (exact) mass is 367 g/mol. The summed E-state index contributed by atoms with van der Waals surface area (Å²) in [6.45, 7) is 4.40. The predicted molar refractivity (Wildman–Crippen MR) is 105 cm³/mol. The fourth-order valence-corrected chi connectivity index (χ4v) is 3.89. The second-order valence-corrected chi connectivity index (χ2v) is 7.37. The van der Waals surface area contributed by atoms with E-state index in [1.165, 1.54) is 6.42 Å². The Balaban J connectivity index is 1.69. The maximum atomic E-state index is 12.8. The fourth-order valence-electron chi connectivity index (χ4n) is 3.67. The lowest BCUT2D eigenvalue weighted by Gasteiger charge is -2.26. The second-order valence-electron chi connectivity index (χ2n) is 6.93. The molecule has 0 unspecified atom stereocenters. The quantitative estimate of drug-likeness (QED) is 0.674. The van der Waals surface area contributed by atoms with Crippen LogP contribution in [0.1, 0.15) is 41.0 Å². The van der Waals surface area contributed by atoms with Gasteiger partial charge in [0, 0.05) is 30.2 Å². The van der Waals surface area contributed by atoms with Gasteiger partial charge in [-0.15, -0.1) is 0 Å². The van der Waals surface area contributed by atoms with Crippen LogP contribution in [0, 0.1) is 6.92 Å². The Kier molecular flexibility index (Phi) is 4.68. The van der Waals surface area contributed by atoms with Crippen molar-refractivity contribution in [2.75, 3.05) is 13.1 Å². The molecule has 1 aliphatic rings. The molecule has 2 heterocycles. The lowest BCUT2D eigenvalue weighted by molar-refractivity contribution is 0.0724. The Hall–Kier alpha value is -2.33. The van der Waals surface area contributed by atoms with Gasteiger partial charge in [-0.3, -0.25) is 4.79 Å². The standard InChI is InChI=1S/C21H22ClN3O/c1-15-23-19-9-8-17(21(26)24-10-3-2-4-11-24)13-20(19)25(15)14-16-6-5-7-18(22)12-16/h5-9,12-13H,2-4,10-11,14H2,1H3. The number of carbonyl (C=O) groups is 1. The van der Waals surface area contributed by atoms with Crippen LogP contribution >= 0.6 is 11.6 Å². The number of nitrogens with zero attached hydrogens (tertiary/aromatic N) is 3. The number of halogens is 1. The van der Waals surface area contributed by atoms with E-state index in [1.807, 2.05) is 48.2 Å². The molecule has 0 radical (unpaired) electrons. The zero-order valence-corrected chi connectivity index (χ0v) is 15.7. The van der Waals surface area contributed by atoms with Crippen molar-refractivity contribution >= 4 is 28.5 Å². The van der Waals surface area contributed by atoms with Gasteiger partial charge in [0.2, 0.25) is 0 Å². The average molecular weight is 368 g/mol. The van der Waals surface area contributed by atoms with E-state index in [-0.39, 0.29) is 5.91 Å². The fraction of sp³-hybridized carbons (Fsp3) is 0.333. The van der Waals surface area contributed by atoms with Gasteiger partial charge >= 0.3 is 0 Å². The SMILES string of the molecule is Cc1nc2ccc(C(=O)N3CCCCC3)cc2n1Cc1cccc(Cl)c1. The summed E-state index contributed by atoms with van der Waals surface area (Å²) in [7, 11) is 0. The third-order valence-corrected chi connectivity index (χ3v) is 5.29. The lowest BCUT2D eigenvalue weighted by Crippen LogP contribution is -2.35. The average Bonchev–Trinajstić information content (AvgIpc) is 2.97. The molecule has 5 heteroatoms. The van der Waals surface area contributed by atoms with E-state index >= 15 is 0 Å². The Morgan fingerprint density at radius 2 is 1.92 bits per heavy atom. The van der Waals surface area contributed by atoms with Gasteiger partial charge in [0.05, 0.1) is 11.0 Å². The molecule has 2 aromatic carbocycles. The van der Waals surface area contributed by atoms with Crippen molar-refractivity contribution in [1.82, 2.24) is 14.5 Å². The largest absolute Gasteiger partial charge is 0.339 e. The Labute approximate surface area is 158 Å². The highest BCUT2D eigenvalue weighted by molar-refractivity contribution is 6.30. The smallest absolute Gasteiger partial charge is 0.253 e. The number of hydrogen-bond acceptors (Lipinski definition) is 2. The number of aryl methyl sites for hydroxylation is 1. The molecule has 4 nitrogen and oxygen atoms in total. The Bertz CT molecular complexity index is 957. The van der Waals surface area contributed by atoms with Crippen LogP contribution in [0.2, 0.25) is 5.02 Å². The number of hydrogen-bond donors (Lipinski definition) is 0. The number of aromatic nitrogens is 2. The van der Waals surface area contributed by atoms with Crippen LogP contribution in [0.4, 0.5) is 0 Å². The number of amides is 1. The summed E-state index contributed by atoms with van der Waals surface area (Å²) in [5.41, 5.74) is 3.77. The van der Waals surface area contributed by atoms with Crippen molar-refractivity contribution in [3.05, 3.63) is 64.4 Å². The molecular weight excluding hydrogens is 346 g/mol. The van der Waals surface area contributed by atoms with Gasteiger partial charge in [-0.1, -0.05) is 23.7 Å². The number of imidazole rings is 1. The van der Waals surface area contributed by atoms with Crippen molar-refractivity contribution in [3.8, 4) is 0 Å². The maximum absolute atomic E-state index is 12.8. The minimum absolute atomic E-state index is 0.125. The van der Waals surface area contributed by atoms with Crippen LogP contribution in [0.15, 0.2) is 42.5 Å². The molecule has 0 N–H and O–H groups in total. The molecule has 0 bridgehead atoms. The van der Waals surface area contributed by atoms with Crippen molar-refractivity contribution in [2.24, 2.45) is 0 Å². The first-order chi connectivity index (χ1) is 12.6. The zero-order valence-electron chi connectivity index (χ0n) is 14.9. The van der Waals surface area contributed by atoms with Crippen LogP contribution in [0.3, 0.4) is 0 Å². The number of benzene rings is 2. The molecular formula is C21H22ClN3O. The number of piperidine rings is 1. The number of likely N-dealkylation sites (tertiary alicyclic amines) is 1. The highest BCUT2D eigenvalue weighted by atomic mass is 35.5. The van der Waals surface area contributed by atoms with Gasteiger partial charge in [0.25, 0.3) is 5.91 Å². The summed E-state index contributed by atoms with van der Waals surface area (Å²) < 4.78 is 2.15. The summed E-state index contributed by atoms with van der Waals surface area (Å²) in [5.74, 6) is 1.06. The van der Waals surface area contributed by atoms with E-state index in [0.717, 1.165) is 58.9 Å². The topological polar surface area (TPSA) is 38.1 Å². The molecule has 4 rings (SSSR count). The predicted octanol–water partition coefficient (Wildman–Crippen LogP) is 4.67. The molecule has 0 spiro atoms. The van der Waals surface area contributed by atoms with Gasteiger partial charge < -0.3 is 9.47 Å². The third kappa shape index (κ3) is 3.34. The van der Waals surface area contributed by atoms with Gasteiger partial charge in [0.15, 0.2) is 0 Å². The van der Waals surface area contributed by atoms with Gasteiger partial charge in [-0.25, -0.2) is 4.98 Å². The zero-order chi connectivity index (χ0) is 18.1. The van der Waals surface area contributed by atoms with Crippen LogP contribution in [-0.4, -0.2) is 33.4 Å². The minimum atomic E-state index is 0.125. The summed E-state index contributed by atoms with van der Waals surface area (Å²) in [5, 5.41) is 0.727. The van der Waals surface area contributed by atoms with Crippen molar-refractivity contribution < 1.29 is 4.79 Å². The molecule has 1 saturated heterocycles. The highest BCUT2D eigenvalue weighted by Gasteiger charge is 2.19. The van der Waals surface area contributed by atoms with Crippen molar-refractivity contribution in [3.63, 3.8) is 0 Å². The van der Waals surface area contributed by atoms with Gasteiger partial charge in [0.1, 0.15) is 5.82 Å². The van der Waals surface area contributed by atoms with E-state index < -0.39 is 0 Å². The highest BCUT2D eigenvalue weighted by Crippen LogP contribution is 2.22. The molecule has 1 fully saturated rings. The van der Waals surface area contributed by atoms with E-state index in [4.69, 9.17) is 11.6 Å². The van der Waals surface area contributed by atoms with Gasteiger partial charge in [-0.05, 0) is 62.1 Å². The van der Waals surface area contributed by atoms with Crippen molar-refractivity contribution in [2.45, 2.75) is 32.7 Å². The molecule has 134 valence electrons. The summed E-state index contributed by atoms with van der Waals surface area (Å²) in [4.78, 5) is 19.5. The first-order valence-corrected chi connectivity index (χ1v) is 9.50. The Morgan fingerprint density at radius 1 is 1.12 bits per heavy atom. The summed E-state index contributed by atoms with van der Waals surface area (Å²) in [6.07, 6.45) is 3.41. The third-order valence-electron chi connectivity index (χ3n) is 5.06.